The minimum atomic E-state index is -0.260. The van der Waals surface area contributed by atoms with Crippen molar-refractivity contribution < 1.29 is 9.21 Å². The van der Waals surface area contributed by atoms with Gasteiger partial charge in [-0.3, -0.25) is 0 Å². The number of aromatic nitrogens is 3. The van der Waals surface area contributed by atoms with Gasteiger partial charge in [-0.15, -0.1) is 0 Å². The number of carbonyl (C=O) groups is 1. The molecular weight excluding hydrogens is 318 g/mol. The Bertz CT molecular complexity index is 835. The van der Waals surface area contributed by atoms with Gasteiger partial charge in [-0.25, -0.2) is 14.8 Å². The maximum absolute atomic E-state index is 12.2. The summed E-state index contributed by atoms with van der Waals surface area (Å²) in [4.78, 5) is 20.5. The number of hydrogen-bond donors (Lipinski definition) is 2. The largest absolute Gasteiger partial charge is 0.441 e. The number of nitrogens with zero attached hydrogens (tertiary/aromatic N) is 3. The van der Waals surface area contributed by atoms with Gasteiger partial charge in [0.05, 0.1) is 12.0 Å². The maximum Gasteiger partial charge on any atom is 0.319 e. The van der Waals surface area contributed by atoms with Crippen molar-refractivity contribution in [1.29, 1.82) is 0 Å². The van der Waals surface area contributed by atoms with Crippen LogP contribution in [0.2, 0.25) is 0 Å². The summed E-state index contributed by atoms with van der Waals surface area (Å²) in [6.07, 6.45) is 5.30. The number of imidazole rings is 1. The second-order valence-electron chi connectivity index (χ2n) is 6.00. The molecule has 2 aromatic heterocycles. The molecule has 0 saturated heterocycles. The molecule has 130 valence electrons. The van der Waals surface area contributed by atoms with Gasteiger partial charge in [-0.05, 0) is 39.0 Å². The zero-order chi connectivity index (χ0) is 17.8. The molecule has 0 bridgehead atoms. The quantitative estimate of drug-likeness (QED) is 0.746. The van der Waals surface area contributed by atoms with Crippen molar-refractivity contribution in [1.82, 2.24) is 19.9 Å². The van der Waals surface area contributed by atoms with Crippen LogP contribution in [0.4, 0.5) is 10.5 Å². The highest BCUT2D eigenvalue weighted by Crippen LogP contribution is 2.23. The molecule has 0 radical (unpaired) electrons. The molecule has 2 N–H and O–H groups in total. The molecule has 2 amide bonds. The fraction of sp³-hybridized carbons (Fsp3) is 0.278. The second kappa shape index (κ2) is 7.21. The van der Waals surface area contributed by atoms with E-state index < -0.39 is 0 Å². The molecule has 3 aromatic rings. The Kier molecular flexibility index (Phi) is 4.83. The van der Waals surface area contributed by atoms with Crippen LogP contribution in [0.3, 0.4) is 0 Å². The highest BCUT2D eigenvalue weighted by Gasteiger charge is 2.11. The van der Waals surface area contributed by atoms with E-state index >= 15 is 0 Å². The normalized spacial score (nSPS) is 12.0. The van der Waals surface area contributed by atoms with Crippen LogP contribution in [0.25, 0.3) is 11.5 Å². The molecule has 0 aliphatic rings. The lowest BCUT2D eigenvalue weighted by Crippen LogP contribution is -2.38. The van der Waals surface area contributed by atoms with Crippen molar-refractivity contribution in [2.75, 3.05) is 5.32 Å². The molecule has 25 heavy (non-hydrogen) atoms. The molecule has 1 aromatic carbocycles. The third kappa shape index (κ3) is 4.26. The third-order valence-electron chi connectivity index (χ3n) is 3.82. The number of amides is 2. The lowest BCUT2D eigenvalue weighted by molar-refractivity contribution is 0.248. The summed E-state index contributed by atoms with van der Waals surface area (Å²) in [7, 11) is 0. The first kappa shape index (κ1) is 16.8. The van der Waals surface area contributed by atoms with Crippen LogP contribution in [0.5, 0.6) is 0 Å². The Hall–Kier alpha value is -3.09. The van der Waals surface area contributed by atoms with E-state index in [-0.39, 0.29) is 12.1 Å². The third-order valence-corrected chi connectivity index (χ3v) is 3.82. The zero-order valence-electron chi connectivity index (χ0n) is 14.5. The Balaban J connectivity index is 1.62. The van der Waals surface area contributed by atoms with Gasteiger partial charge in [0.1, 0.15) is 5.76 Å². The molecule has 2 heterocycles. The van der Waals surface area contributed by atoms with Crippen molar-refractivity contribution in [2.24, 2.45) is 0 Å². The first-order chi connectivity index (χ1) is 12.0. The van der Waals surface area contributed by atoms with Crippen LogP contribution < -0.4 is 10.6 Å². The summed E-state index contributed by atoms with van der Waals surface area (Å²) in [5.74, 6) is 1.34. The van der Waals surface area contributed by atoms with Crippen molar-refractivity contribution in [3.8, 4) is 11.5 Å². The van der Waals surface area contributed by atoms with Crippen LogP contribution in [0, 0.1) is 13.8 Å². The Morgan fingerprint density at radius 1 is 1.36 bits per heavy atom. The molecule has 0 aliphatic carbocycles. The van der Waals surface area contributed by atoms with Crippen molar-refractivity contribution in [2.45, 2.75) is 33.4 Å². The molecule has 0 fully saturated rings. The Morgan fingerprint density at radius 2 is 2.20 bits per heavy atom. The molecule has 0 unspecified atom stereocenters. The van der Waals surface area contributed by atoms with Gasteiger partial charge in [0, 0.05) is 36.2 Å². The number of urea groups is 1. The summed E-state index contributed by atoms with van der Waals surface area (Å²) >= 11 is 0. The van der Waals surface area contributed by atoms with Gasteiger partial charge < -0.3 is 19.6 Å². The highest BCUT2D eigenvalue weighted by molar-refractivity contribution is 5.90. The number of anilines is 1. The molecule has 0 saturated carbocycles. The van der Waals surface area contributed by atoms with Crippen LogP contribution in [-0.2, 0) is 6.54 Å². The Morgan fingerprint density at radius 3 is 2.88 bits per heavy atom. The molecule has 3 rings (SSSR count). The molecular formula is C18H21N5O2. The van der Waals surface area contributed by atoms with Crippen LogP contribution >= 0.6 is 0 Å². The van der Waals surface area contributed by atoms with Crippen molar-refractivity contribution in [3.63, 3.8) is 0 Å². The number of benzene rings is 1. The predicted octanol–water partition coefficient (Wildman–Crippen LogP) is 3.37. The summed E-state index contributed by atoms with van der Waals surface area (Å²) in [5, 5.41) is 5.74. The molecule has 7 nitrogen and oxygen atoms in total. The van der Waals surface area contributed by atoms with E-state index in [1.807, 2.05) is 55.8 Å². The number of carbonyl (C=O) groups excluding carboxylic acids is 1. The average molecular weight is 339 g/mol. The van der Waals surface area contributed by atoms with Gasteiger partial charge in [0.15, 0.2) is 0 Å². The van der Waals surface area contributed by atoms with Gasteiger partial charge >= 0.3 is 6.03 Å². The minimum absolute atomic E-state index is 0.0329. The lowest BCUT2D eigenvalue weighted by atomic mass is 10.2. The van der Waals surface area contributed by atoms with E-state index in [1.165, 1.54) is 0 Å². The molecule has 7 heteroatoms. The average Bonchev–Trinajstić information content (AvgIpc) is 3.18. The highest BCUT2D eigenvalue weighted by atomic mass is 16.4. The van der Waals surface area contributed by atoms with Gasteiger partial charge in [0.25, 0.3) is 0 Å². The molecule has 0 aliphatic heterocycles. The zero-order valence-corrected chi connectivity index (χ0v) is 14.5. The van der Waals surface area contributed by atoms with E-state index in [0.717, 1.165) is 17.0 Å². The van der Waals surface area contributed by atoms with Crippen molar-refractivity contribution >= 4 is 11.7 Å². The number of rotatable bonds is 5. The lowest BCUT2D eigenvalue weighted by Gasteiger charge is -2.15. The smallest absolute Gasteiger partial charge is 0.319 e. The second-order valence-corrected chi connectivity index (χ2v) is 6.00. The number of hydrogen-bond acceptors (Lipinski definition) is 4. The summed E-state index contributed by atoms with van der Waals surface area (Å²) in [6, 6.07) is 7.13. The first-order valence-electron chi connectivity index (χ1n) is 8.09. The van der Waals surface area contributed by atoms with Crippen LogP contribution in [-0.4, -0.2) is 26.6 Å². The summed E-state index contributed by atoms with van der Waals surface area (Å²) < 4.78 is 7.55. The first-order valence-corrected chi connectivity index (χ1v) is 8.09. The predicted molar refractivity (Wildman–Crippen MR) is 95.3 cm³/mol. The topological polar surface area (TPSA) is 85.0 Å². The van der Waals surface area contributed by atoms with E-state index in [0.29, 0.717) is 18.1 Å². The van der Waals surface area contributed by atoms with E-state index in [1.54, 1.807) is 12.5 Å². The van der Waals surface area contributed by atoms with Crippen molar-refractivity contribution in [3.05, 3.63) is 54.4 Å². The number of oxazole rings is 1. The van der Waals surface area contributed by atoms with Crippen LogP contribution in [0.1, 0.15) is 18.4 Å². The van der Waals surface area contributed by atoms with E-state index in [4.69, 9.17) is 4.42 Å². The number of aryl methyl sites for hydroxylation is 2. The minimum Gasteiger partial charge on any atom is -0.441 e. The number of nitrogens with one attached hydrogen (secondary N) is 2. The van der Waals surface area contributed by atoms with Gasteiger partial charge in [-0.2, -0.15) is 0 Å². The van der Waals surface area contributed by atoms with Gasteiger partial charge in [0.2, 0.25) is 5.89 Å². The SMILES string of the molecule is Cc1nc(-c2cccc(NC(=O)N[C@@H](C)Cn3ccnc3)c2)oc1C. The fourth-order valence-corrected chi connectivity index (χ4v) is 2.47. The van der Waals surface area contributed by atoms with Crippen LogP contribution in [0.15, 0.2) is 47.4 Å². The monoisotopic (exact) mass is 339 g/mol. The molecule has 0 spiro atoms. The fourth-order valence-electron chi connectivity index (χ4n) is 2.47. The van der Waals surface area contributed by atoms with E-state index in [9.17, 15) is 4.79 Å². The Labute approximate surface area is 146 Å². The standard InChI is InChI=1S/C18H21N5O2/c1-12(10-23-8-7-19-11-23)20-18(24)22-16-6-4-5-15(9-16)17-21-13(2)14(3)25-17/h4-9,11-12H,10H2,1-3H3,(H2,20,22,24)/t12-/m0/s1. The van der Waals surface area contributed by atoms with Gasteiger partial charge in [-0.1, -0.05) is 6.07 Å². The molecule has 1 atom stereocenters. The summed E-state index contributed by atoms with van der Waals surface area (Å²) in [6.45, 7) is 6.37. The summed E-state index contributed by atoms with van der Waals surface area (Å²) in [5.41, 5.74) is 2.36. The van der Waals surface area contributed by atoms with E-state index in [2.05, 4.69) is 20.6 Å². The maximum atomic E-state index is 12.2.